The van der Waals surface area contributed by atoms with Crippen molar-refractivity contribution in [1.29, 1.82) is 0 Å². The number of hydrogen-bond donors (Lipinski definition) is 5. The normalized spacial score (nSPS) is 11.8. The van der Waals surface area contributed by atoms with Gasteiger partial charge in [-0.2, -0.15) is 10.2 Å². The Morgan fingerprint density at radius 1 is 0.773 bits per heavy atom. The molecule has 0 spiro atoms. The van der Waals surface area contributed by atoms with Gasteiger partial charge >= 0.3 is 0 Å². The van der Waals surface area contributed by atoms with Crippen LogP contribution in [0, 0.1) is 0 Å². The van der Waals surface area contributed by atoms with Crippen molar-refractivity contribution in [3.8, 4) is 0 Å². The average molecular weight is 303 g/mol. The summed E-state index contributed by atoms with van der Waals surface area (Å²) in [7, 11) is 1.81. The number of rotatable bonds is 5. The van der Waals surface area contributed by atoms with E-state index in [-0.39, 0.29) is 11.9 Å². The predicted molar refractivity (Wildman–Crippen MR) is 92.0 cm³/mol. The summed E-state index contributed by atoms with van der Waals surface area (Å²) in [6.45, 7) is 3.60. The van der Waals surface area contributed by atoms with Gasteiger partial charge in [0.25, 0.3) is 0 Å². The Morgan fingerprint density at radius 3 is 1.50 bits per heavy atom. The zero-order valence-electron chi connectivity index (χ0n) is 12.8. The van der Waals surface area contributed by atoms with Gasteiger partial charge in [-0.05, 0) is 32.0 Å². The highest BCUT2D eigenvalue weighted by Crippen LogP contribution is 2.17. The number of guanidine groups is 2. The zero-order valence-corrected chi connectivity index (χ0v) is 12.8. The fourth-order valence-corrected chi connectivity index (χ4v) is 1.57. The lowest BCUT2D eigenvalue weighted by Crippen LogP contribution is -2.22. The maximum absolute atomic E-state index is 5.27. The Bertz CT molecular complexity index is 595. The number of hydrogen-bond acceptors (Lipinski definition) is 5. The van der Waals surface area contributed by atoms with Crippen LogP contribution in [0.1, 0.15) is 25.0 Å². The van der Waals surface area contributed by atoms with Crippen LogP contribution in [-0.4, -0.2) is 30.4 Å². The predicted octanol–water partition coefficient (Wildman–Crippen LogP) is -0.277. The van der Waals surface area contributed by atoms with E-state index in [4.69, 9.17) is 22.9 Å². The number of nitrogens with one attached hydrogen (secondary N) is 1. The van der Waals surface area contributed by atoms with Crippen LogP contribution in [0.15, 0.2) is 38.6 Å². The van der Waals surface area contributed by atoms with Gasteiger partial charge in [-0.3, -0.25) is 0 Å². The van der Waals surface area contributed by atoms with Crippen molar-refractivity contribution in [2.24, 2.45) is 43.3 Å². The van der Waals surface area contributed by atoms with E-state index in [9.17, 15) is 0 Å². The van der Waals surface area contributed by atoms with Crippen molar-refractivity contribution in [1.82, 2.24) is 0 Å². The third-order valence-corrected chi connectivity index (χ3v) is 2.69. The van der Waals surface area contributed by atoms with Gasteiger partial charge in [0.15, 0.2) is 0 Å². The smallest absolute Gasteiger partial charge is 0.211 e. The molecule has 9 N–H and O–H groups in total. The minimum atomic E-state index is -0.102. The summed E-state index contributed by atoms with van der Waals surface area (Å²) in [6.07, 6.45) is 0. The van der Waals surface area contributed by atoms with E-state index >= 15 is 0 Å². The lowest BCUT2D eigenvalue weighted by Gasteiger charge is -2.08. The van der Waals surface area contributed by atoms with E-state index in [2.05, 4.69) is 25.7 Å². The molecule has 0 radical (unpaired) electrons. The Labute approximate surface area is 128 Å². The van der Waals surface area contributed by atoms with Crippen molar-refractivity contribution >= 4 is 29.0 Å². The second-order valence-electron chi connectivity index (χ2n) is 4.47. The summed E-state index contributed by atoms with van der Waals surface area (Å²) in [6, 6.07) is 5.72. The van der Waals surface area contributed by atoms with Crippen LogP contribution < -0.4 is 28.3 Å². The molecule has 0 aliphatic carbocycles. The summed E-state index contributed by atoms with van der Waals surface area (Å²) in [5.74, 6) is -0.204. The molecule has 0 saturated carbocycles. The molecule has 0 aliphatic heterocycles. The molecule has 0 atom stereocenters. The van der Waals surface area contributed by atoms with E-state index in [1.807, 2.05) is 25.2 Å². The highest BCUT2D eigenvalue weighted by molar-refractivity contribution is 6.05. The van der Waals surface area contributed by atoms with Gasteiger partial charge in [0.1, 0.15) is 0 Å². The third-order valence-electron chi connectivity index (χ3n) is 2.69. The maximum atomic E-state index is 5.27. The van der Waals surface area contributed by atoms with Gasteiger partial charge in [-0.1, -0.05) is 0 Å². The first-order valence-electron chi connectivity index (χ1n) is 6.43. The molecule has 0 fully saturated rings. The minimum absolute atomic E-state index is 0.102. The molecule has 1 aromatic rings. The molecule has 0 bridgehead atoms. The van der Waals surface area contributed by atoms with Gasteiger partial charge in [-0.15, -0.1) is 10.2 Å². The average Bonchev–Trinajstić information content (AvgIpc) is 2.49. The second kappa shape index (κ2) is 7.62. The van der Waals surface area contributed by atoms with Crippen molar-refractivity contribution in [3.05, 3.63) is 29.3 Å². The molecule has 1 aromatic carbocycles. The topological polar surface area (TPSA) is 166 Å². The Hall–Kier alpha value is -3.10. The zero-order chi connectivity index (χ0) is 16.7. The molecule has 9 nitrogen and oxygen atoms in total. The highest BCUT2D eigenvalue weighted by atomic mass is 15.3. The standard InChI is InChI=1S/C13H21N9/c1-7(19-21-12(14)15)9-4-10(6-11(5-9)18-3)8(2)20-22-13(16)17/h4-6,18H,1-3H3,(H4,14,15,21)(H4,16,17,22)/b19-7+,20-8+. The molecule has 118 valence electrons. The first kappa shape index (κ1) is 17.0. The van der Waals surface area contributed by atoms with Crippen molar-refractivity contribution in [2.45, 2.75) is 13.8 Å². The highest BCUT2D eigenvalue weighted by Gasteiger charge is 2.06. The van der Waals surface area contributed by atoms with E-state index in [0.29, 0.717) is 11.4 Å². The Balaban J connectivity index is 3.30. The summed E-state index contributed by atoms with van der Waals surface area (Å²) in [5, 5.41) is 18.3. The SMILES string of the molecule is CNc1cc(/C(C)=N/N=C(N)N)cc(/C(C)=N/N=C(N)N)c1. The molecule has 0 unspecified atom stereocenters. The summed E-state index contributed by atoms with van der Waals surface area (Å²) >= 11 is 0. The van der Waals surface area contributed by atoms with Gasteiger partial charge in [-0.25, -0.2) is 0 Å². The van der Waals surface area contributed by atoms with Crippen LogP contribution in [0.25, 0.3) is 0 Å². The van der Waals surface area contributed by atoms with Crippen LogP contribution in [0.5, 0.6) is 0 Å². The van der Waals surface area contributed by atoms with E-state index in [1.54, 1.807) is 13.8 Å². The van der Waals surface area contributed by atoms with Crippen LogP contribution >= 0.6 is 0 Å². The molecule has 0 heterocycles. The first-order chi connectivity index (χ1) is 10.3. The molecular weight excluding hydrogens is 282 g/mol. The second-order valence-corrected chi connectivity index (χ2v) is 4.47. The number of benzene rings is 1. The molecule has 0 saturated heterocycles. The molecule has 0 amide bonds. The van der Waals surface area contributed by atoms with E-state index in [0.717, 1.165) is 16.8 Å². The van der Waals surface area contributed by atoms with E-state index in [1.165, 1.54) is 0 Å². The Kier molecular flexibility index (Phi) is 5.87. The van der Waals surface area contributed by atoms with Crippen LogP contribution in [0.4, 0.5) is 5.69 Å². The fraction of sp³-hybridized carbons (Fsp3) is 0.231. The number of anilines is 1. The minimum Gasteiger partial charge on any atom is -0.388 e. The fourth-order valence-electron chi connectivity index (χ4n) is 1.57. The summed E-state index contributed by atoms with van der Waals surface area (Å²) in [4.78, 5) is 0. The van der Waals surface area contributed by atoms with E-state index < -0.39 is 0 Å². The third kappa shape index (κ3) is 5.12. The van der Waals surface area contributed by atoms with Crippen molar-refractivity contribution in [2.75, 3.05) is 12.4 Å². The van der Waals surface area contributed by atoms with Gasteiger partial charge < -0.3 is 28.3 Å². The monoisotopic (exact) mass is 303 g/mol. The molecule has 0 aliphatic rings. The molecule has 0 aromatic heterocycles. The molecule has 1 rings (SSSR count). The number of nitrogens with zero attached hydrogens (tertiary/aromatic N) is 4. The van der Waals surface area contributed by atoms with Crippen molar-refractivity contribution < 1.29 is 0 Å². The summed E-state index contributed by atoms with van der Waals surface area (Å²) in [5.41, 5.74) is 25.0. The van der Waals surface area contributed by atoms with Gasteiger partial charge in [0, 0.05) is 23.9 Å². The number of nitrogens with two attached hydrogens (primary N) is 4. The molecular formula is C13H21N9. The van der Waals surface area contributed by atoms with Crippen LogP contribution in [-0.2, 0) is 0 Å². The largest absolute Gasteiger partial charge is 0.388 e. The lowest BCUT2D eigenvalue weighted by atomic mass is 10.0. The van der Waals surface area contributed by atoms with Gasteiger partial charge in [0.05, 0.1) is 11.4 Å². The van der Waals surface area contributed by atoms with Crippen LogP contribution in [0.3, 0.4) is 0 Å². The maximum Gasteiger partial charge on any atom is 0.211 e. The Morgan fingerprint density at radius 2 is 1.18 bits per heavy atom. The lowest BCUT2D eigenvalue weighted by molar-refractivity contribution is 1.19. The van der Waals surface area contributed by atoms with Gasteiger partial charge in [0.2, 0.25) is 11.9 Å². The molecule has 22 heavy (non-hydrogen) atoms. The van der Waals surface area contributed by atoms with Crippen molar-refractivity contribution in [3.63, 3.8) is 0 Å². The van der Waals surface area contributed by atoms with Crippen LogP contribution in [0.2, 0.25) is 0 Å². The molecule has 9 heteroatoms. The quantitative estimate of drug-likeness (QED) is 0.286. The summed E-state index contributed by atoms with van der Waals surface area (Å²) < 4.78 is 0. The first-order valence-corrected chi connectivity index (χ1v) is 6.43.